The maximum absolute atomic E-state index is 5.19. The van der Waals surface area contributed by atoms with E-state index < -0.39 is 0 Å². The van der Waals surface area contributed by atoms with Gasteiger partial charge in [0.25, 0.3) is 0 Å². The van der Waals surface area contributed by atoms with Crippen LogP contribution in [-0.4, -0.2) is 21.9 Å². The molecular weight excluding hydrogens is 178 g/mol. The van der Waals surface area contributed by atoms with Crippen LogP contribution in [-0.2, 0) is 0 Å². The molecule has 4 nitrogen and oxygen atoms in total. The number of rotatable bonds is 2. The van der Waals surface area contributed by atoms with Crippen LogP contribution in [0.5, 0.6) is 5.75 Å². The molecule has 0 saturated carbocycles. The van der Waals surface area contributed by atoms with Crippen LogP contribution in [0.25, 0.3) is 5.69 Å². The van der Waals surface area contributed by atoms with Crippen molar-refractivity contribution in [3.05, 3.63) is 36.4 Å². The topological polar surface area (TPSA) is 39.9 Å². The zero-order valence-corrected chi connectivity index (χ0v) is 8.06. The fourth-order valence-corrected chi connectivity index (χ4v) is 1.22. The van der Waals surface area contributed by atoms with E-state index in [0.29, 0.717) is 0 Å². The summed E-state index contributed by atoms with van der Waals surface area (Å²) in [7, 11) is 1.62. The van der Waals surface area contributed by atoms with Crippen molar-refractivity contribution in [1.82, 2.24) is 14.8 Å². The Hall–Kier alpha value is -1.84. The van der Waals surface area contributed by atoms with Gasteiger partial charge in [-0.15, -0.1) is 0 Å². The second-order valence-electron chi connectivity index (χ2n) is 2.83. The maximum Gasteiger partial charge on any atom is 0.147 e. The molecular formula is C10H10N3O. The van der Waals surface area contributed by atoms with Gasteiger partial charge in [-0.25, -0.2) is 9.67 Å². The fraction of sp³-hybridized carbons (Fsp3) is 0.200. The van der Waals surface area contributed by atoms with Crippen LogP contribution in [0.1, 0.15) is 5.82 Å². The Morgan fingerprint density at radius 1 is 1.50 bits per heavy atom. The van der Waals surface area contributed by atoms with Crippen molar-refractivity contribution in [1.29, 1.82) is 0 Å². The highest BCUT2D eigenvalue weighted by Gasteiger charge is 2.04. The number of nitrogens with zero attached hydrogens (tertiary/aromatic N) is 3. The van der Waals surface area contributed by atoms with Crippen LogP contribution in [0.2, 0.25) is 0 Å². The minimum Gasteiger partial charge on any atom is -0.494 e. The van der Waals surface area contributed by atoms with Crippen molar-refractivity contribution < 1.29 is 4.74 Å². The minimum absolute atomic E-state index is 0.734. The van der Waals surface area contributed by atoms with E-state index in [1.807, 2.05) is 19.1 Å². The molecule has 0 amide bonds. The molecule has 2 rings (SSSR count). The van der Waals surface area contributed by atoms with Gasteiger partial charge in [0, 0.05) is 0 Å². The van der Waals surface area contributed by atoms with E-state index in [1.165, 1.54) is 0 Å². The Balaban J connectivity index is 2.50. The van der Waals surface area contributed by atoms with Gasteiger partial charge in [0.1, 0.15) is 23.6 Å². The number of methoxy groups -OCH3 is 1. The van der Waals surface area contributed by atoms with Gasteiger partial charge in [-0.05, 0) is 25.1 Å². The lowest BCUT2D eigenvalue weighted by atomic mass is 10.3. The van der Waals surface area contributed by atoms with Crippen LogP contribution in [0.3, 0.4) is 0 Å². The zero-order chi connectivity index (χ0) is 9.97. The predicted octanol–water partition coefficient (Wildman–Crippen LogP) is 1.38. The Kier molecular flexibility index (Phi) is 2.18. The molecule has 0 spiro atoms. The van der Waals surface area contributed by atoms with E-state index >= 15 is 0 Å². The first kappa shape index (κ1) is 8.74. The molecule has 0 aliphatic carbocycles. The largest absolute Gasteiger partial charge is 0.494 e. The summed E-state index contributed by atoms with van der Waals surface area (Å²) in [6.07, 6.45) is 1.66. The predicted molar refractivity (Wildman–Crippen MR) is 51.5 cm³/mol. The van der Waals surface area contributed by atoms with Crippen molar-refractivity contribution in [3.8, 4) is 11.4 Å². The standard InChI is InChI=1S/C10H10N3O/c1-8-11-7-13(12-8)9-5-3-4-6-10(9)14-2/h3,5-7H,1-2H3. The van der Waals surface area contributed by atoms with Crippen molar-refractivity contribution >= 4 is 0 Å². The molecule has 14 heavy (non-hydrogen) atoms. The SMILES string of the molecule is COc1c[c]ccc1-n1cnc(C)n1. The van der Waals surface area contributed by atoms with E-state index in [1.54, 1.807) is 24.2 Å². The summed E-state index contributed by atoms with van der Waals surface area (Å²) in [6, 6.07) is 8.41. The lowest BCUT2D eigenvalue weighted by molar-refractivity contribution is 0.411. The minimum atomic E-state index is 0.734. The van der Waals surface area contributed by atoms with Crippen LogP contribution < -0.4 is 4.74 Å². The molecule has 0 aliphatic rings. The maximum atomic E-state index is 5.19. The molecule has 1 aromatic carbocycles. The number of hydrogen-bond acceptors (Lipinski definition) is 3. The highest BCUT2D eigenvalue weighted by atomic mass is 16.5. The third-order valence-corrected chi connectivity index (χ3v) is 1.88. The highest BCUT2D eigenvalue weighted by Crippen LogP contribution is 2.20. The summed E-state index contributed by atoms with van der Waals surface area (Å²) in [5.41, 5.74) is 0.867. The average Bonchev–Trinajstić information content (AvgIpc) is 2.65. The fourth-order valence-electron chi connectivity index (χ4n) is 1.22. The molecule has 1 radical (unpaired) electrons. The Morgan fingerprint density at radius 3 is 3.00 bits per heavy atom. The Labute approximate surface area is 82.2 Å². The van der Waals surface area contributed by atoms with E-state index in [4.69, 9.17) is 4.74 Å². The Morgan fingerprint density at radius 2 is 2.36 bits per heavy atom. The summed E-state index contributed by atoms with van der Waals surface area (Å²) in [5, 5.41) is 4.20. The first-order chi connectivity index (χ1) is 6.81. The Bertz CT molecular complexity index is 436. The van der Waals surface area contributed by atoms with Crippen molar-refractivity contribution in [3.63, 3.8) is 0 Å². The van der Waals surface area contributed by atoms with Crippen molar-refractivity contribution in [2.75, 3.05) is 7.11 Å². The molecule has 0 atom stereocenters. The van der Waals surface area contributed by atoms with E-state index in [-0.39, 0.29) is 0 Å². The van der Waals surface area contributed by atoms with Crippen molar-refractivity contribution in [2.45, 2.75) is 6.92 Å². The first-order valence-electron chi connectivity index (χ1n) is 4.24. The number of hydrogen-bond donors (Lipinski definition) is 0. The molecule has 1 heterocycles. The number of benzene rings is 1. The normalized spacial score (nSPS) is 10.1. The third kappa shape index (κ3) is 1.46. The monoisotopic (exact) mass is 188 g/mol. The van der Waals surface area contributed by atoms with E-state index in [9.17, 15) is 0 Å². The van der Waals surface area contributed by atoms with Gasteiger partial charge in [0.05, 0.1) is 7.11 Å². The van der Waals surface area contributed by atoms with Gasteiger partial charge >= 0.3 is 0 Å². The van der Waals surface area contributed by atoms with Gasteiger partial charge in [-0.2, -0.15) is 5.10 Å². The molecule has 0 bridgehead atoms. The van der Waals surface area contributed by atoms with E-state index in [2.05, 4.69) is 16.1 Å². The quantitative estimate of drug-likeness (QED) is 0.714. The summed E-state index contributed by atoms with van der Waals surface area (Å²) in [4.78, 5) is 4.05. The second kappa shape index (κ2) is 3.49. The van der Waals surface area contributed by atoms with Crippen molar-refractivity contribution in [2.24, 2.45) is 0 Å². The van der Waals surface area contributed by atoms with Crippen LogP contribution in [0.15, 0.2) is 24.5 Å². The third-order valence-electron chi connectivity index (χ3n) is 1.88. The van der Waals surface area contributed by atoms with E-state index in [0.717, 1.165) is 17.3 Å². The molecule has 0 fully saturated rings. The number of aryl methyl sites for hydroxylation is 1. The van der Waals surface area contributed by atoms with Gasteiger partial charge in [0.2, 0.25) is 0 Å². The molecule has 2 aromatic rings. The summed E-state index contributed by atoms with van der Waals surface area (Å²) in [6.45, 7) is 1.85. The summed E-state index contributed by atoms with van der Waals surface area (Å²) < 4.78 is 6.87. The van der Waals surface area contributed by atoms with Crippen LogP contribution in [0, 0.1) is 13.0 Å². The molecule has 71 valence electrons. The van der Waals surface area contributed by atoms with Crippen LogP contribution in [0.4, 0.5) is 0 Å². The smallest absolute Gasteiger partial charge is 0.147 e. The average molecular weight is 188 g/mol. The van der Waals surface area contributed by atoms with Gasteiger partial charge in [-0.3, -0.25) is 0 Å². The highest BCUT2D eigenvalue weighted by molar-refractivity contribution is 5.45. The summed E-state index contributed by atoms with van der Waals surface area (Å²) >= 11 is 0. The molecule has 0 N–H and O–H groups in total. The first-order valence-corrected chi connectivity index (χ1v) is 4.24. The zero-order valence-electron chi connectivity index (χ0n) is 8.06. The van der Waals surface area contributed by atoms with Gasteiger partial charge in [0.15, 0.2) is 0 Å². The summed E-state index contributed by atoms with van der Waals surface area (Å²) in [5.74, 6) is 1.47. The molecule has 0 unspecified atom stereocenters. The number of ether oxygens (including phenoxy) is 1. The van der Waals surface area contributed by atoms with Crippen LogP contribution >= 0.6 is 0 Å². The van der Waals surface area contributed by atoms with Gasteiger partial charge in [-0.1, -0.05) is 6.07 Å². The lowest BCUT2D eigenvalue weighted by Gasteiger charge is -2.06. The second-order valence-corrected chi connectivity index (χ2v) is 2.83. The molecule has 0 saturated heterocycles. The van der Waals surface area contributed by atoms with Gasteiger partial charge < -0.3 is 4.74 Å². The molecule has 0 aliphatic heterocycles. The molecule has 4 heteroatoms. The number of aromatic nitrogens is 3. The molecule has 1 aromatic heterocycles. The lowest BCUT2D eigenvalue weighted by Crippen LogP contribution is -1.98.